The molecule has 1 aromatic heterocycles. The third-order valence-corrected chi connectivity index (χ3v) is 3.89. The number of anilines is 1. The molecule has 1 fully saturated rings. The maximum absolute atomic E-state index is 11.9. The molecule has 2 rings (SSSR count). The third-order valence-electron chi connectivity index (χ3n) is 3.89. The summed E-state index contributed by atoms with van der Waals surface area (Å²) in [4.78, 5) is 27.8. The number of aromatic nitrogens is 1. The molecule has 25 heavy (non-hydrogen) atoms. The summed E-state index contributed by atoms with van der Waals surface area (Å²) >= 11 is 0. The van der Waals surface area contributed by atoms with Crippen LogP contribution in [0.5, 0.6) is 0 Å². The van der Waals surface area contributed by atoms with Crippen molar-refractivity contribution >= 4 is 17.9 Å². The van der Waals surface area contributed by atoms with Gasteiger partial charge < -0.3 is 20.1 Å². The Bertz CT molecular complexity index is 613. The number of carbonyl (C=O) groups is 2. The molecule has 0 bridgehead atoms. The average Bonchev–Trinajstić information content (AvgIpc) is 2.52. The number of nitrogens with one attached hydrogen (secondary N) is 2. The van der Waals surface area contributed by atoms with Crippen molar-refractivity contribution in [2.75, 3.05) is 12.4 Å². The van der Waals surface area contributed by atoms with Crippen molar-refractivity contribution in [1.82, 2.24) is 10.3 Å². The van der Waals surface area contributed by atoms with E-state index in [1.165, 1.54) is 7.11 Å². The largest absolute Gasteiger partial charge is 0.464 e. The molecule has 7 heteroatoms. The first-order chi connectivity index (χ1) is 11.8. The highest BCUT2D eigenvalue weighted by Crippen LogP contribution is 2.22. The number of hydrogen-bond acceptors (Lipinski definition) is 6. The molecule has 1 aromatic rings. The van der Waals surface area contributed by atoms with Gasteiger partial charge in [-0.05, 0) is 58.6 Å². The van der Waals surface area contributed by atoms with Gasteiger partial charge in [0, 0.05) is 12.1 Å². The van der Waals surface area contributed by atoms with Crippen molar-refractivity contribution in [2.24, 2.45) is 0 Å². The lowest BCUT2D eigenvalue weighted by Gasteiger charge is -2.31. The number of esters is 1. The highest BCUT2D eigenvalue weighted by molar-refractivity contribution is 5.87. The fraction of sp³-hybridized carbons (Fsp3) is 0.611. The topological polar surface area (TPSA) is 89.6 Å². The monoisotopic (exact) mass is 349 g/mol. The summed E-state index contributed by atoms with van der Waals surface area (Å²) in [7, 11) is 1.33. The van der Waals surface area contributed by atoms with Crippen LogP contribution in [0.15, 0.2) is 18.2 Å². The van der Waals surface area contributed by atoms with Gasteiger partial charge in [0.15, 0.2) is 5.69 Å². The van der Waals surface area contributed by atoms with Gasteiger partial charge in [-0.25, -0.2) is 14.6 Å². The minimum atomic E-state index is -0.505. The van der Waals surface area contributed by atoms with E-state index < -0.39 is 11.6 Å². The van der Waals surface area contributed by atoms with E-state index >= 15 is 0 Å². The van der Waals surface area contributed by atoms with Crippen LogP contribution in [-0.4, -0.2) is 41.8 Å². The quantitative estimate of drug-likeness (QED) is 0.812. The number of hydrogen-bond donors (Lipinski definition) is 2. The number of pyridine rings is 1. The number of carbonyl (C=O) groups excluding carboxylic acids is 2. The Morgan fingerprint density at radius 3 is 2.60 bits per heavy atom. The first-order valence-corrected chi connectivity index (χ1v) is 8.58. The van der Waals surface area contributed by atoms with Crippen molar-refractivity contribution in [3.8, 4) is 0 Å². The van der Waals surface area contributed by atoms with Gasteiger partial charge >= 0.3 is 12.1 Å². The van der Waals surface area contributed by atoms with Gasteiger partial charge in [-0.15, -0.1) is 0 Å². The van der Waals surface area contributed by atoms with Gasteiger partial charge in [0.1, 0.15) is 11.4 Å². The molecule has 0 aliphatic heterocycles. The summed E-state index contributed by atoms with van der Waals surface area (Å²) in [6.07, 6.45) is 3.30. The molecule has 0 radical (unpaired) electrons. The molecule has 0 spiro atoms. The van der Waals surface area contributed by atoms with Gasteiger partial charge in [-0.1, -0.05) is 6.07 Å². The van der Waals surface area contributed by atoms with E-state index in [0.29, 0.717) is 5.82 Å². The van der Waals surface area contributed by atoms with Crippen LogP contribution in [0.3, 0.4) is 0 Å². The van der Waals surface area contributed by atoms with Crippen molar-refractivity contribution in [3.05, 3.63) is 23.9 Å². The van der Waals surface area contributed by atoms with E-state index in [9.17, 15) is 9.59 Å². The molecule has 1 aliphatic carbocycles. The highest BCUT2D eigenvalue weighted by atomic mass is 16.6. The smallest absolute Gasteiger partial charge is 0.407 e. The SMILES string of the molecule is COC(=O)c1cccc(NC2CCCC(NC(=O)OC(C)(C)C)C2)n1. The van der Waals surface area contributed by atoms with E-state index in [1.807, 2.05) is 26.8 Å². The molecule has 1 saturated carbocycles. The molecule has 138 valence electrons. The maximum Gasteiger partial charge on any atom is 0.407 e. The fourth-order valence-corrected chi connectivity index (χ4v) is 2.87. The summed E-state index contributed by atoms with van der Waals surface area (Å²) in [6, 6.07) is 5.43. The van der Waals surface area contributed by atoms with Crippen molar-refractivity contribution < 1.29 is 19.1 Å². The Balaban J connectivity index is 1.91. The van der Waals surface area contributed by atoms with Crippen molar-refractivity contribution in [1.29, 1.82) is 0 Å². The van der Waals surface area contributed by atoms with Crippen LogP contribution in [0.4, 0.5) is 10.6 Å². The second kappa shape index (κ2) is 8.18. The maximum atomic E-state index is 11.9. The summed E-state index contributed by atoms with van der Waals surface area (Å²) in [6.45, 7) is 5.54. The lowest BCUT2D eigenvalue weighted by atomic mass is 9.91. The van der Waals surface area contributed by atoms with Crippen LogP contribution in [0.2, 0.25) is 0 Å². The zero-order valence-electron chi connectivity index (χ0n) is 15.3. The van der Waals surface area contributed by atoms with E-state index in [4.69, 9.17) is 9.47 Å². The molecule has 2 unspecified atom stereocenters. The van der Waals surface area contributed by atoms with Gasteiger partial charge in [0.2, 0.25) is 0 Å². The van der Waals surface area contributed by atoms with Crippen LogP contribution < -0.4 is 10.6 Å². The minimum absolute atomic E-state index is 0.0601. The summed E-state index contributed by atoms with van der Waals surface area (Å²) in [5, 5.41) is 6.27. The van der Waals surface area contributed by atoms with E-state index in [0.717, 1.165) is 25.7 Å². The normalized spacial score (nSPS) is 20.5. The second-order valence-electron chi connectivity index (χ2n) is 7.25. The number of methoxy groups -OCH3 is 1. The predicted molar refractivity (Wildman–Crippen MR) is 94.6 cm³/mol. The summed E-state index contributed by atoms with van der Waals surface area (Å²) in [5.41, 5.74) is -0.235. The highest BCUT2D eigenvalue weighted by Gasteiger charge is 2.25. The number of alkyl carbamates (subject to hydrolysis) is 1. The zero-order valence-corrected chi connectivity index (χ0v) is 15.3. The van der Waals surface area contributed by atoms with Gasteiger partial charge in [-0.2, -0.15) is 0 Å². The first-order valence-electron chi connectivity index (χ1n) is 8.58. The number of ether oxygens (including phenoxy) is 2. The Morgan fingerprint density at radius 1 is 1.20 bits per heavy atom. The summed E-state index contributed by atoms with van der Waals surface area (Å²) < 4.78 is 10.0. The van der Waals surface area contributed by atoms with Crippen LogP contribution in [0, 0.1) is 0 Å². The Kier molecular flexibility index (Phi) is 6.22. The lowest BCUT2D eigenvalue weighted by molar-refractivity contribution is 0.0490. The average molecular weight is 349 g/mol. The second-order valence-corrected chi connectivity index (χ2v) is 7.25. The van der Waals surface area contributed by atoms with Gasteiger partial charge in [0.25, 0.3) is 0 Å². The van der Waals surface area contributed by atoms with Crippen LogP contribution in [-0.2, 0) is 9.47 Å². The molecular formula is C18H27N3O4. The van der Waals surface area contributed by atoms with Gasteiger partial charge in [0.05, 0.1) is 7.11 Å². The fourth-order valence-electron chi connectivity index (χ4n) is 2.87. The minimum Gasteiger partial charge on any atom is -0.464 e. The molecule has 2 atom stereocenters. The molecule has 2 N–H and O–H groups in total. The molecule has 1 amide bonds. The molecule has 0 saturated heterocycles. The van der Waals surface area contributed by atoms with Crippen LogP contribution in [0.25, 0.3) is 0 Å². The first kappa shape index (κ1) is 19.0. The predicted octanol–water partition coefficient (Wildman–Crippen LogP) is 3.12. The lowest BCUT2D eigenvalue weighted by Crippen LogP contribution is -2.43. The Morgan fingerprint density at radius 2 is 1.92 bits per heavy atom. The van der Waals surface area contributed by atoms with Crippen LogP contribution in [0.1, 0.15) is 56.9 Å². The molecule has 1 heterocycles. The standard InChI is InChI=1S/C18H27N3O4/c1-18(2,3)25-17(23)20-13-8-5-7-12(11-13)19-15-10-6-9-14(21-15)16(22)24-4/h6,9-10,12-13H,5,7-8,11H2,1-4H3,(H,19,21)(H,20,23). The van der Waals surface area contributed by atoms with E-state index in [2.05, 4.69) is 15.6 Å². The van der Waals surface area contributed by atoms with Crippen molar-refractivity contribution in [3.63, 3.8) is 0 Å². The van der Waals surface area contributed by atoms with Crippen LogP contribution >= 0.6 is 0 Å². The summed E-state index contributed by atoms with van der Waals surface area (Å²) in [5.74, 6) is 0.169. The number of amides is 1. The molecule has 1 aliphatic rings. The number of nitrogens with zero attached hydrogens (tertiary/aromatic N) is 1. The Hall–Kier alpha value is -2.31. The van der Waals surface area contributed by atoms with E-state index in [1.54, 1.807) is 12.1 Å². The third kappa shape index (κ3) is 6.25. The van der Waals surface area contributed by atoms with E-state index in [-0.39, 0.29) is 23.9 Å². The Labute approximate surface area is 148 Å². The van der Waals surface area contributed by atoms with Crippen molar-refractivity contribution in [2.45, 2.75) is 64.1 Å². The van der Waals surface area contributed by atoms with Gasteiger partial charge in [-0.3, -0.25) is 0 Å². The number of rotatable bonds is 4. The molecule has 7 nitrogen and oxygen atoms in total. The molecule has 0 aromatic carbocycles. The zero-order chi connectivity index (χ0) is 18.4. The molecular weight excluding hydrogens is 322 g/mol.